The minimum absolute atomic E-state index is 0.0520. The Hall–Kier alpha value is -1.55. The second-order valence-electron chi connectivity index (χ2n) is 5.33. The van der Waals surface area contributed by atoms with E-state index in [-0.39, 0.29) is 11.9 Å². The van der Waals surface area contributed by atoms with Gasteiger partial charge in [0.15, 0.2) is 0 Å². The highest BCUT2D eigenvalue weighted by atomic mass is 16.5. The predicted molar refractivity (Wildman–Crippen MR) is 73.3 cm³/mol. The van der Waals surface area contributed by atoms with E-state index in [4.69, 9.17) is 4.74 Å². The van der Waals surface area contributed by atoms with E-state index in [1.165, 1.54) is 5.56 Å². The number of hydrogen-bond donors (Lipinski definition) is 1. The van der Waals surface area contributed by atoms with E-state index in [1.54, 1.807) is 0 Å². The van der Waals surface area contributed by atoms with Crippen molar-refractivity contribution in [1.29, 1.82) is 0 Å². The molecule has 2 aliphatic heterocycles. The van der Waals surface area contributed by atoms with Crippen LogP contribution >= 0.6 is 0 Å². The molecule has 2 heterocycles. The Morgan fingerprint density at radius 2 is 2.26 bits per heavy atom. The molecule has 3 rings (SSSR count). The van der Waals surface area contributed by atoms with Gasteiger partial charge in [-0.25, -0.2) is 0 Å². The maximum absolute atomic E-state index is 12.1. The van der Waals surface area contributed by atoms with Gasteiger partial charge in [0.05, 0.1) is 12.6 Å². The first-order chi connectivity index (χ1) is 9.25. The smallest absolute Gasteiger partial charge is 0.239 e. The molecule has 1 aromatic rings. The molecule has 19 heavy (non-hydrogen) atoms. The van der Waals surface area contributed by atoms with Gasteiger partial charge in [-0.15, -0.1) is 0 Å². The number of carbonyl (C=O) groups is 1. The maximum Gasteiger partial charge on any atom is 0.239 e. The molecule has 102 valence electrons. The summed E-state index contributed by atoms with van der Waals surface area (Å²) >= 11 is 0. The highest BCUT2D eigenvalue weighted by Crippen LogP contribution is 2.33. The number of rotatable bonds is 2. The first-order valence-corrected chi connectivity index (χ1v) is 6.99. The molecule has 0 bridgehead atoms. The van der Waals surface area contributed by atoms with Crippen LogP contribution in [0.1, 0.15) is 24.8 Å². The maximum atomic E-state index is 12.1. The Bertz CT molecular complexity index is 475. The molecular formula is C15H20N2O2. The number of benzene rings is 1. The van der Waals surface area contributed by atoms with Gasteiger partial charge in [-0.2, -0.15) is 0 Å². The summed E-state index contributed by atoms with van der Waals surface area (Å²) in [6, 6.07) is 8.13. The van der Waals surface area contributed by atoms with Crippen molar-refractivity contribution in [2.45, 2.75) is 25.3 Å². The van der Waals surface area contributed by atoms with Crippen LogP contribution in [-0.4, -0.2) is 43.1 Å². The molecule has 1 fully saturated rings. The van der Waals surface area contributed by atoms with E-state index in [9.17, 15) is 4.79 Å². The van der Waals surface area contributed by atoms with Crippen molar-refractivity contribution in [2.24, 2.45) is 0 Å². The van der Waals surface area contributed by atoms with Crippen molar-refractivity contribution >= 4 is 5.91 Å². The molecule has 2 unspecified atom stereocenters. The normalized spacial score (nSPS) is 26.8. The second kappa shape index (κ2) is 5.21. The fourth-order valence-corrected chi connectivity index (χ4v) is 2.94. The van der Waals surface area contributed by atoms with Gasteiger partial charge < -0.3 is 15.0 Å². The van der Waals surface area contributed by atoms with E-state index in [0.717, 1.165) is 38.4 Å². The van der Waals surface area contributed by atoms with Crippen LogP contribution in [0.25, 0.3) is 0 Å². The van der Waals surface area contributed by atoms with Crippen LogP contribution in [0.4, 0.5) is 0 Å². The van der Waals surface area contributed by atoms with E-state index in [2.05, 4.69) is 11.4 Å². The number of nitrogens with one attached hydrogen (secondary N) is 1. The van der Waals surface area contributed by atoms with E-state index < -0.39 is 0 Å². The van der Waals surface area contributed by atoms with Crippen molar-refractivity contribution in [3.8, 4) is 5.75 Å². The Morgan fingerprint density at radius 1 is 1.42 bits per heavy atom. The molecule has 0 spiro atoms. The van der Waals surface area contributed by atoms with Gasteiger partial charge >= 0.3 is 0 Å². The monoisotopic (exact) mass is 260 g/mol. The minimum Gasteiger partial charge on any atom is -0.493 e. The van der Waals surface area contributed by atoms with Gasteiger partial charge in [-0.05, 0) is 25.0 Å². The summed E-state index contributed by atoms with van der Waals surface area (Å²) in [7, 11) is 0. The molecular weight excluding hydrogens is 240 g/mol. The average Bonchev–Trinajstić information content (AvgIpc) is 2.44. The molecule has 0 saturated carbocycles. The molecule has 4 nitrogen and oxygen atoms in total. The lowest BCUT2D eigenvalue weighted by atomic mass is 9.92. The van der Waals surface area contributed by atoms with E-state index in [0.29, 0.717) is 5.92 Å². The zero-order chi connectivity index (χ0) is 13.2. The number of amides is 1. The molecule has 2 atom stereocenters. The van der Waals surface area contributed by atoms with Gasteiger partial charge in [-0.1, -0.05) is 18.2 Å². The molecule has 0 radical (unpaired) electrons. The number of hydrogen-bond acceptors (Lipinski definition) is 3. The minimum atomic E-state index is -0.0520. The molecule has 1 amide bonds. The summed E-state index contributed by atoms with van der Waals surface area (Å²) in [6.45, 7) is 5.19. The first-order valence-electron chi connectivity index (χ1n) is 6.99. The van der Waals surface area contributed by atoms with Crippen molar-refractivity contribution in [1.82, 2.24) is 10.2 Å². The Balaban J connectivity index is 1.76. The number of ether oxygens (including phenoxy) is 1. The third kappa shape index (κ3) is 2.45. The Morgan fingerprint density at radius 3 is 3.16 bits per heavy atom. The SMILES string of the molecule is CC1NCCN(CC2CCOc3ccccc32)C1=O. The number of nitrogens with zero attached hydrogens (tertiary/aromatic N) is 1. The van der Waals surface area contributed by atoms with Gasteiger partial charge in [0.1, 0.15) is 5.75 Å². The highest BCUT2D eigenvalue weighted by Gasteiger charge is 2.29. The van der Waals surface area contributed by atoms with Gasteiger partial charge in [0.2, 0.25) is 5.91 Å². The lowest BCUT2D eigenvalue weighted by molar-refractivity contribution is -0.135. The molecule has 4 heteroatoms. The van der Waals surface area contributed by atoms with Crippen LogP contribution < -0.4 is 10.1 Å². The van der Waals surface area contributed by atoms with Crippen LogP contribution in [0.5, 0.6) is 5.75 Å². The summed E-state index contributed by atoms with van der Waals surface area (Å²) in [5.74, 6) is 1.60. The first kappa shape index (κ1) is 12.5. The van der Waals surface area contributed by atoms with Crippen molar-refractivity contribution < 1.29 is 9.53 Å². The highest BCUT2D eigenvalue weighted by molar-refractivity contribution is 5.82. The average molecular weight is 260 g/mol. The Labute approximate surface area is 113 Å². The number of fused-ring (bicyclic) bond motifs is 1. The fourth-order valence-electron chi connectivity index (χ4n) is 2.94. The van der Waals surface area contributed by atoms with Gasteiger partial charge in [0, 0.05) is 25.6 Å². The molecule has 0 aliphatic carbocycles. The zero-order valence-corrected chi connectivity index (χ0v) is 11.3. The second-order valence-corrected chi connectivity index (χ2v) is 5.33. The van der Waals surface area contributed by atoms with Crippen LogP contribution in [0.15, 0.2) is 24.3 Å². The third-order valence-corrected chi connectivity index (χ3v) is 4.04. The van der Waals surface area contributed by atoms with Crippen molar-refractivity contribution in [2.75, 3.05) is 26.2 Å². The molecule has 1 N–H and O–H groups in total. The zero-order valence-electron chi connectivity index (χ0n) is 11.3. The lowest BCUT2D eigenvalue weighted by Gasteiger charge is -2.36. The number of carbonyl (C=O) groups excluding carboxylic acids is 1. The van der Waals surface area contributed by atoms with E-state index in [1.807, 2.05) is 30.0 Å². The fraction of sp³-hybridized carbons (Fsp3) is 0.533. The van der Waals surface area contributed by atoms with Gasteiger partial charge in [0.25, 0.3) is 0 Å². The van der Waals surface area contributed by atoms with Gasteiger partial charge in [-0.3, -0.25) is 4.79 Å². The van der Waals surface area contributed by atoms with Crippen LogP contribution in [-0.2, 0) is 4.79 Å². The summed E-state index contributed by atoms with van der Waals surface area (Å²) in [6.07, 6.45) is 0.989. The van der Waals surface area contributed by atoms with Crippen LogP contribution in [0.2, 0.25) is 0 Å². The molecule has 1 saturated heterocycles. The number of para-hydroxylation sites is 1. The van der Waals surface area contributed by atoms with Crippen molar-refractivity contribution in [3.63, 3.8) is 0 Å². The molecule has 2 aliphatic rings. The van der Waals surface area contributed by atoms with E-state index >= 15 is 0 Å². The summed E-state index contributed by atoms with van der Waals surface area (Å²) in [5, 5.41) is 3.20. The molecule has 0 aromatic heterocycles. The summed E-state index contributed by atoms with van der Waals surface area (Å²) in [5.41, 5.74) is 1.24. The largest absolute Gasteiger partial charge is 0.493 e. The Kier molecular flexibility index (Phi) is 3.42. The van der Waals surface area contributed by atoms with Crippen LogP contribution in [0, 0.1) is 0 Å². The summed E-state index contributed by atoms with van der Waals surface area (Å²) in [4.78, 5) is 14.1. The lowest BCUT2D eigenvalue weighted by Crippen LogP contribution is -2.54. The third-order valence-electron chi connectivity index (χ3n) is 4.04. The predicted octanol–water partition coefficient (Wildman–Crippen LogP) is 1.37. The number of piperazine rings is 1. The topological polar surface area (TPSA) is 41.6 Å². The van der Waals surface area contributed by atoms with Crippen LogP contribution in [0.3, 0.4) is 0 Å². The van der Waals surface area contributed by atoms with Crippen molar-refractivity contribution in [3.05, 3.63) is 29.8 Å². The molecule has 1 aromatic carbocycles. The summed E-state index contributed by atoms with van der Waals surface area (Å²) < 4.78 is 5.68. The quantitative estimate of drug-likeness (QED) is 0.873. The standard InChI is InChI=1S/C15H20N2O2/c1-11-15(18)17(8-7-16-11)10-12-6-9-19-14-5-3-2-4-13(12)14/h2-5,11-12,16H,6-10H2,1H3.